The Balaban J connectivity index is 1.64. The van der Waals surface area contributed by atoms with E-state index in [1.807, 2.05) is 24.3 Å². The van der Waals surface area contributed by atoms with Gasteiger partial charge < -0.3 is 25.2 Å². The van der Waals surface area contributed by atoms with E-state index in [0.29, 0.717) is 16.9 Å². The summed E-state index contributed by atoms with van der Waals surface area (Å²) in [6.07, 6.45) is 0. The van der Waals surface area contributed by atoms with Gasteiger partial charge in [-0.1, -0.05) is 12.1 Å². The number of methoxy groups -OCH3 is 1. The first-order chi connectivity index (χ1) is 16.7. The Kier molecular flexibility index (Phi) is 6.99. The second-order valence-corrected chi connectivity index (χ2v) is 8.90. The van der Waals surface area contributed by atoms with Crippen molar-refractivity contribution in [2.45, 2.75) is 6.54 Å². The molecule has 35 heavy (non-hydrogen) atoms. The molecule has 9 heteroatoms. The maximum atomic E-state index is 12.9. The number of carbonyl (C=O) groups excluding carboxylic acids is 1. The number of nitro benzene ring substituents is 1. The first-order valence-electron chi connectivity index (χ1n) is 11.3. The van der Waals surface area contributed by atoms with Crippen LogP contribution in [0.3, 0.4) is 0 Å². The minimum absolute atomic E-state index is 0.0967. The molecule has 0 saturated heterocycles. The normalized spacial score (nSPS) is 12.5. The molecule has 0 aromatic heterocycles. The van der Waals surface area contributed by atoms with Gasteiger partial charge in [-0.15, -0.1) is 0 Å². The number of fused-ring (bicyclic) bond motifs is 2. The number of amides is 1. The lowest BCUT2D eigenvalue weighted by Crippen LogP contribution is -2.28. The maximum Gasteiger partial charge on any atom is 0.310 e. The number of rotatable bonds is 8. The van der Waals surface area contributed by atoms with E-state index in [-0.39, 0.29) is 17.3 Å². The summed E-state index contributed by atoms with van der Waals surface area (Å²) in [6.45, 7) is 2.70. The fourth-order valence-electron chi connectivity index (χ4n) is 4.03. The molecule has 4 rings (SSSR count). The summed E-state index contributed by atoms with van der Waals surface area (Å²) in [4.78, 5) is 28.1. The summed E-state index contributed by atoms with van der Waals surface area (Å²) in [6, 6.07) is 16.2. The average molecular weight is 476 g/mol. The molecule has 0 unspecified atom stereocenters. The van der Waals surface area contributed by atoms with Gasteiger partial charge in [-0.05, 0) is 74.2 Å². The second kappa shape index (κ2) is 10.1. The molecule has 3 aromatic rings. The van der Waals surface area contributed by atoms with Crippen LogP contribution in [0.1, 0.15) is 15.9 Å². The second-order valence-electron chi connectivity index (χ2n) is 8.90. The Labute approximate surface area is 204 Å². The summed E-state index contributed by atoms with van der Waals surface area (Å²) < 4.78 is 5.21. The van der Waals surface area contributed by atoms with Crippen molar-refractivity contribution in [2.75, 3.05) is 52.0 Å². The third kappa shape index (κ3) is 5.42. The lowest BCUT2D eigenvalue weighted by Gasteiger charge is -2.20. The van der Waals surface area contributed by atoms with Crippen molar-refractivity contribution in [1.29, 1.82) is 0 Å². The molecule has 1 aliphatic rings. The largest absolute Gasteiger partial charge is 0.490 e. The van der Waals surface area contributed by atoms with Gasteiger partial charge in [0.1, 0.15) is 0 Å². The molecule has 9 nitrogen and oxygen atoms in total. The number of benzene rings is 3. The number of hydrogen-bond acceptors (Lipinski definition) is 7. The van der Waals surface area contributed by atoms with Crippen LogP contribution in [0.15, 0.2) is 54.6 Å². The molecule has 2 N–H and O–H groups in total. The van der Waals surface area contributed by atoms with Crippen molar-refractivity contribution < 1.29 is 14.5 Å². The van der Waals surface area contributed by atoms with Crippen LogP contribution in [0.4, 0.5) is 22.7 Å². The molecule has 182 valence electrons. The van der Waals surface area contributed by atoms with Gasteiger partial charge in [0.15, 0.2) is 5.75 Å². The molecule has 0 radical (unpaired) electrons. The lowest BCUT2D eigenvalue weighted by molar-refractivity contribution is -0.385. The molecule has 0 spiro atoms. The van der Waals surface area contributed by atoms with Gasteiger partial charge in [-0.2, -0.15) is 0 Å². The van der Waals surface area contributed by atoms with Crippen LogP contribution >= 0.6 is 0 Å². The van der Waals surface area contributed by atoms with E-state index >= 15 is 0 Å². The lowest BCUT2D eigenvalue weighted by atomic mass is 10.0. The zero-order chi connectivity index (χ0) is 25.1. The molecule has 0 saturated carbocycles. The summed E-state index contributed by atoms with van der Waals surface area (Å²) >= 11 is 0. The van der Waals surface area contributed by atoms with Gasteiger partial charge >= 0.3 is 5.69 Å². The summed E-state index contributed by atoms with van der Waals surface area (Å²) in [7, 11) is 7.61. The Bertz CT molecular complexity index is 1270. The van der Waals surface area contributed by atoms with E-state index in [0.717, 1.165) is 42.0 Å². The van der Waals surface area contributed by atoms with E-state index in [2.05, 4.69) is 47.6 Å². The van der Waals surface area contributed by atoms with Crippen LogP contribution in [-0.4, -0.2) is 62.0 Å². The van der Waals surface area contributed by atoms with Gasteiger partial charge in [-0.25, -0.2) is 0 Å². The highest BCUT2D eigenvalue weighted by molar-refractivity contribution is 6.12. The highest BCUT2D eigenvalue weighted by Crippen LogP contribution is 2.37. The summed E-state index contributed by atoms with van der Waals surface area (Å²) in [5.41, 5.74) is 5.29. The maximum absolute atomic E-state index is 12.9. The van der Waals surface area contributed by atoms with E-state index in [9.17, 15) is 14.9 Å². The third-order valence-corrected chi connectivity index (χ3v) is 5.96. The van der Waals surface area contributed by atoms with Crippen molar-refractivity contribution >= 4 is 28.7 Å². The van der Waals surface area contributed by atoms with Gasteiger partial charge in [0.25, 0.3) is 5.91 Å². The smallest absolute Gasteiger partial charge is 0.310 e. The summed E-state index contributed by atoms with van der Waals surface area (Å²) in [5, 5.41) is 17.6. The SMILES string of the molecule is COc1cc(-c2ccc3c(c2)Nc2cc(CN(C)CCN(C)C)ccc2NC3=O)ccc1[N+](=O)[O-]. The molecule has 0 bridgehead atoms. The van der Waals surface area contributed by atoms with Gasteiger partial charge in [-0.3, -0.25) is 14.9 Å². The molecule has 3 aromatic carbocycles. The number of carbonyl (C=O) groups is 1. The van der Waals surface area contributed by atoms with Crippen LogP contribution in [-0.2, 0) is 6.54 Å². The quantitative estimate of drug-likeness (QED) is 0.364. The van der Waals surface area contributed by atoms with Crippen LogP contribution in [0.5, 0.6) is 5.75 Å². The van der Waals surface area contributed by atoms with E-state index in [4.69, 9.17) is 4.74 Å². The predicted molar refractivity (Wildman–Crippen MR) is 138 cm³/mol. The Morgan fingerprint density at radius 3 is 2.34 bits per heavy atom. The predicted octanol–water partition coefficient (Wildman–Crippen LogP) is 4.57. The van der Waals surface area contributed by atoms with Crippen molar-refractivity contribution in [3.05, 3.63) is 75.8 Å². The van der Waals surface area contributed by atoms with E-state index < -0.39 is 4.92 Å². The topological polar surface area (TPSA) is 100.0 Å². The molecule has 1 aliphatic heterocycles. The number of anilines is 3. The standard InChI is InChI=1S/C26H29N5O4/c1-29(2)11-12-30(3)16-17-5-9-21-23(13-17)27-22-14-18(6-8-20(22)26(32)28-21)19-7-10-24(31(33)34)25(15-19)35-4/h5-10,13-15,27H,11-12,16H2,1-4H3,(H,28,32). The number of likely N-dealkylation sites (N-methyl/N-ethyl adjacent to an activating group) is 2. The minimum Gasteiger partial charge on any atom is -0.490 e. The highest BCUT2D eigenvalue weighted by atomic mass is 16.6. The monoisotopic (exact) mass is 475 g/mol. The van der Waals surface area contributed by atoms with E-state index in [1.54, 1.807) is 18.2 Å². The number of nitro groups is 1. The third-order valence-electron chi connectivity index (χ3n) is 5.96. The van der Waals surface area contributed by atoms with Crippen molar-refractivity contribution in [3.8, 4) is 16.9 Å². The minimum atomic E-state index is -0.474. The number of hydrogen-bond donors (Lipinski definition) is 2. The van der Waals surface area contributed by atoms with Crippen molar-refractivity contribution in [3.63, 3.8) is 0 Å². The van der Waals surface area contributed by atoms with Gasteiger partial charge in [0.05, 0.1) is 34.7 Å². The molecular weight excluding hydrogens is 446 g/mol. The number of nitrogens with zero attached hydrogens (tertiary/aromatic N) is 3. The summed E-state index contributed by atoms with van der Waals surface area (Å²) in [5.74, 6) is -0.0172. The highest BCUT2D eigenvalue weighted by Gasteiger charge is 2.21. The first-order valence-corrected chi connectivity index (χ1v) is 11.3. The number of nitrogens with one attached hydrogen (secondary N) is 2. The first kappa shape index (κ1) is 24.2. The fourth-order valence-corrected chi connectivity index (χ4v) is 4.03. The van der Waals surface area contributed by atoms with Gasteiger partial charge in [0, 0.05) is 25.7 Å². The Morgan fingerprint density at radius 1 is 0.886 bits per heavy atom. The van der Waals surface area contributed by atoms with E-state index in [1.165, 1.54) is 13.2 Å². The van der Waals surface area contributed by atoms with Crippen molar-refractivity contribution in [1.82, 2.24) is 9.80 Å². The Hall–Kier alpha value is -3.95. The Morgan fingerprint density at radius 2 is 1.63 bits per heavy atom. The van der Waals surface area contributed by atoms with Crippen molar-refractivity contribution in [2.24, 2.45) is 0 Å². The zero-order valence-corrected chi connectivity index (χ0v) is 20.3. The van der Waals surface area contributed by atoms with Crippen LogP contribution < -0.4 is 15.4 Å². The van der Waals surface area contributed by atoms with Crippen LogP contribution in [0, 0.1) is 10.1 Å². The molecule has 0 aliphatic carbocycles. The van der Waals surface area contributed by atoms with Crippen LogP contribution in [0.25, 0.3) is 11.1 Å². The van der Waals surface area contributed by atoms with Crippen LogP contribution in [0.2, 0.25) is 0 Å². The fraction of sp³-hybridized carbons (Fsp3) is 0.269. The van der Waals surface area contributed by atoms with Gasteiger partial charge in [0.2, 0.25) is 0 Å². The molecule has 1 amide bonds. The zero-order valence-electron chi connectivity index (χ0n) is 20.3. The molecular formula is C26H29N5O4. The molecule has 1 heterocycles. The number of ether oxygens (including phenoxy) is 1. The molecule has 0 fully saturated rings. The molecule has 0 atom stereocenters. The average Bonchev–Trinajstić information content (AvgIpc) is 2.97.